The lowest BCUT2D eigenvalue weighted by molar-refractivity contribution is -0.131. The van der Waals surface area contributed by atoms with Crippen molar-refractivity contribution < 1.29 is 19.1 Å². The minimum Gasteiger partial charge on any atom is -0.508 e. The van der Waals surface area contributed by atoms with Crippen LogP contribution in [0.2, 0.25) is 0 Å². The number of rotatable bonds is 7. The third-order valence-electron chi connectivity index (χ3n) is 5.32. The van der Waals surface area contributed by atoms with Crippen molar-refractivity contribution in [3.8, 4) is 5.75 Å². The van der Waals surface area contributed by atoms with E-state index in [2.05, 4.69) is 12.2 Å². The first-order valence-electron chi connectivity index (χ1n) is 9.46. The number of amides is 2. The number of hydrogen-bond donors (Lipinski definition) is 2. The Kier molecular flexibility index (Phi) is 4.64. The predicted molar refractivity (Wildman–Crippen MR) is 99.2 cm³/mol. The summed E-state index contributed by atoms with van der Waals surface area (Å²) >= 11 is 0. The number of phenols is 1. The zero-order valence-electron chi connectivity index (χ0n) is 15.4. The van der Waals surface area contributed by atoms with Gasteiger partial charge >= 0.3 is 0 Å². The standard InChI is InChI=1S/C21H24N2O4/c1-13-10-18(13)19-9-8-17(27-19)12-23(15-4-5-15)20(25)11-22-21(26)14-2-6-16(24)7-3-14/h2-3,6-9,13,15,18,24H,4-5,10-12H2,1H3,(H,22,26)/t13-,18-/m0/s1. The largest absolute Gasteiger partial charge is 0.508 e. The molecule has 0 unspecified atom stereocenters. The van der Waals surface area contributed by atoms with Crippen molar-refractivity contribution in [2.45, 2.75) is 44.7 Å². The van der Waals surface area contributed by atoms with Crippen molar-refractivity contribution in [3.63, 3.8) is 0 Å². The van der Waals surface area contributed by atoms with Crippen molar-refractivity contribution in [2.24, 2.45) is 5.92 Å². The summed E-state index contributed by atoms with van der Waals surface area (Å²) < 4.78 is 5.94. The fourth-order valence-corrected chi connectivity index (χ4v) is 3.34. The smallest absolute Gasteiger partial charge is 0.251 e. The summed E-state index contributed by atoms with van der Waals surface area (Å²) in [5.74, 6) is 2.68. The number of furan rings is 1. The molecule has 2 saturated carbocycles. The Morgan fingerprint density at radius 1 is 1.19 bits per heavy atom. The van der Waals surface area contributed by atoms with Crippen molar-refractivity contribution in [3.05, 3.63) is 53.5 Å². The van der Waals surface area contributed by atoms with Gasteiger partial charge in [-0.1, -0.05) is 6.92 Å². The summed E-state index contributed by atoms with van der Waals surface area (Å²) in [6, 6.07) is 10.2. The van der Waals surface area contributed by atoms with Crippen LogP contribution >= 0.6 is 0 Å². The van der Waals surface area contributed by atoms with Gasteiger partial charge in [-0.3, -0.25) is 9.59 Å². The topological polar surface area (TPSA) is 82.8 Å². The molecule has 0 aliphatic heterocycles. The van der Waals surface area contributed by atoms with Crippen LogP contribution in [0.15, 0.2) is 40.8 Å². The van der Waals surface area contributed by atoms with Gasteiger partial charge in [0.05, 0.1) is 13.1 Å². The molecule has 2 aliphatic carbocycles. The summed E-state index contributed by atoms with van der Waals surface area (Å²) in [7, 11) is 0. The number of benzene rings is 1. The molecule has 0 saturated heterocycles. The van der Waals surface area contributed by atoms with Crippen LogP contribution in [0.1, 0.15) is 54.0 Å². The summed E-state index contributed by atoms with van der Waals surface area (Å²) in [5.41, 5.74) is 0.410. The Balaban J connectivity index is 1.34. The summed E-state index contributed by atoms with van der Waals surface area (Å²) in [4.78, 5) is 26.6. The zero-order chi connectivity index (χ0) is 19.0. The van der Waals surface area contributed by atoms with E-state index in [1.807, 2.05) is 12.1 Å². The van der Waals surface area contributed by atoms with Gasteiger partial charge in [0.1, 0.15) is 17.3 Å². The Morgan fingerprint density at radius 3 is 2.52 bits per heavy atom. The first-order chi connectivity index (χ1) is 13.0. The number of nitrogens with zero attached hydrogens (tertiary/aromatic N) is 1. The molecule has 4 rings (SSSR count). The Hall–Kier alpha value is -2.76. The predicted octanol–water partition coefficient (Wildman–Crippen LogP) is 3.03. The lowest BCUT2D eigenvalue weighted by Crippen LogP contribution is -2.41. The molecule has 1 heterocycles. The number of phenolic OH excluding ortho intramolecular Hbond substituents is 1. The maximum absolute atomic E-state index is 12.7. The highest BCUT2D eigenvalue weighted by atomic mass is 16.3. The molecule has 27 heavy (non-hydrogen) atoms. The third-order valence-corrected chi connectivity index (χ3v) is 5.32. The summed E-state index contributed by atoms with van der Waals surface area (Å²) in [5, 5.41) is 12.0. The second-order valence-electron chi connectivity index (χ2n) is 7.61. The number of carbonyl (C=O) groups excluding carboxylic acids is 2. The molecule has 2 N–H and O–H groups in total. The Bertz CT molecular complexity index is 838. The van der Waals surface area contributed by atoms with Gasteiger partial charge < -0.3 is 19.7 Å². The third kappa shape index (κ3) is 4.15. The molecule has 142 valence electrons. The maximum Gasteiger partial charge on any atom is 0.251 e. The highest BCUT2D eigenvalue weighted by Gasteiger charge is 2.37. The second kappa shape index (κ2) is 7.10. The average Bonchev–Trinajstić information content (AvgIpc) is 3.58. The summed E-state index contributed by atoms with van der Waals surface area (Å²) in [6.45, 7) is 2.60. The van der Waals surface area contributed by atoms with Crippen molar-refractivity contribution in [2.75, 3.05) is 6.54 Å². The van der Waals surface area contributed by atoms with Gasteiger partial charge in [0.25, 0.3) is 5.91 Å². The molecule has 6 heteroatoms. The molecule has 1 aromatic carbocycles. The van der Waals surface area contributed by atoms with Gasteiger partial charge in [0, 0.05) is 17.5 Å². The monoisotopic (exact) mass is 368 g/mol. The maximum atomic E-state index is 12.7. The first-order valence-corrected chi connectivity index (χ1v) is 9.46. The van der Waals surface area contributed by atoms with Gasteiger partial charge in [-0.25, -0.2) is 0 Å². The van der Waals surface area contributed by atoms with Crippen LogP contribution in [0.4, 0.5) is 0 Å². The van der Waals surface area contributed by atoms with E-state index in [1.54, 1.807) is 4.90 Å². The molecule has 6 nitrogen and oxygen atoms in total. The molecule has 1 aromatic heterocycles. The molecular weight excluding hydrogens is 344 g/mol. The van der Waals surface area contributed by atoms with Crippen LogP contribution in [0, 0.1) is 5.92 Å². The van der Waals surface area contributed by atoms with E-state index in [1.165, 1.54) is 30.7 Å². The SMILES string of the molecule is C[C@H]1C[C@@H]1c1ccc(CN(C(=O)CNC(=O)c2ccc(O)cc2)C2CC2)o1. The number of nitrogens with one attached hydrogen (secondary N) is 1. The van der Waals surface area contributed by atoms with Crippen LogP contribution in [0.5, 0.6) is 5.75 Å². The lowest BCUT2D eigenvalue weighted by atomic mass is 10.2. The Labute approximate surface area is 158 Å². The molecule has 0 radical (unpaired) electrons. The minimum atomic E-state index is -0.331. The highest BCUT2D eigenvalue weighted by molar-refractivity contribution is 5.96. The quantitative estimate of drug-likeness (QED) is 0.787. The second-order valence-corrected chi connectivity index (χ2v) is 7.61. The highest BCUT2D eigenvalue weighted by Crippen LogP contribution is 2.47. The van der Waals surface area contributed by atoms with E-state index in [-0.39, 0.29) is 30.2 Å². The van der Waals surface area contributed by atoms with Gasteiger partial charge in [-0.2, -0.15) is 0 Å². The molecule has 2 aromatic rings. The van der Waals surface area contributed by atoms with Gasteiger partial charge in [-0.15, -0.1) is 0 Å². The number of carbonyl (C=O) groups is 2. The van der Waals surface area contributed by atoms with E-state index in [9.17, 15) is 14.7 Å². The molecule has 0 bridgehead atoms. The van der Waals surface area contributed by atoms with Gasteiger partial charge in [-0.05, 0) is 61.6 Å². The van der Waals surface area contributed by atoms with E-state index < -0.39 is 0 Å². The normalized spacial score (nSPS) is 20.9. The Morgan fingerprint density at radius 2 is 1.89 bits per heavy atom. The van der Waals surface area contributed by atoms with E-state index >= 15 is 0 Å². The summed E-state index contributed by atoms with van der Waals surface area (Å²) in [6.07, 6.45) is 3.15. The van der Waals surface area contributed by atoms with Crippen LogP contribution in [-0.2, 0) is 11.3 Å². The van der Waals surface area contributed by atoms with E-state index in [0.717, 1.165) is 24.4 Å². The first kappa shape index (κ1) is 17.6. The molecular formula is C21H24N2O4. The molecule has 0 spiro atoms. The van der Waals surface area contributed by atoms with Crippen molar-refractivity contribution in [1.82, 2.24) is 10.2 Å². The van der Waals surface area contributed by atoms with Crippen LogP contribution in [0.25, 0.3) is 0 Å². The number of aromatic hydroxyl groups is 1. The number of hydrogen-bond acceptors (Lipinski definition) is 4. The van der Waals surface area contributed by atoms with Gasteiger partial charge in [0.2, 0.25) is 5.91 Å². The fraction of sp³-hybridized carbons (Fsp3) is 0.429. The van der Waals surface area contributed by atoms with Crippen LogP contribution < -0.4 is 5.32 Å². The molecule has 2 amide bonds. The fourth-order valence-electron chi connectivity index (χ4n) is 3.34. The van der Waals surface area contributed by atoms with Crippen LogP contribution in [0.3, 0.4) is 0 Å². The van der Waals surface area contributed by atoms with Crippen molar-refractivity contribution in [1.29, 1.82) is 0 Å². The van der Waals surface area contributed by atoms with Crippen LogP contribution in [-0.4, -0.2) is 34.4 Å². The van der Waals surface area contributed by atoms with Gasteiger partial charge in [0.15, 0.2) is 0 Å². The average molecular weight is 368 g/mol. The molecule has 2 fully saturated rings. The van der Waals surface area contributed by atoms with E-state index in [0.29, 0.717) is 23.9 Å². The van der Waals surface area contributed by atoms with E-state index in [4.69, 9.17) is 4.42 Å². The molecule has 2 aliphatic rings. The lowest BCUT2D eigenvalue weighted by Gasteiger charge is -2.21. The minimum absolute atomic E-state index is 0.0521. The zero-order valence-corrected chi connectivity index (χ0v) is 15.4. The van der Waals surface area contributed by atoms with Crippen molar-refractivity contribution >= 4 is 11.8 Å². The molecule has 2 atom stereocenters.